The topological polar surface area (TPSA) is 29.3 Å². The molecule has 3 heteroatoms. The van der Waals surface area contributed by atoms with Crippen LogP contribution in [0.3, 0.4) is 0 Å². The minimum absolute atomic E-state index is 0.835. The van der Waals surface area contributed by atoms with E-state index in [0.29, 0.717) is 0 Å². The maximum atomic E-state index is 5.89. The Balaban J connectivity index is 1.73. The van der Waals surface area contributed by atoms with Gasteiger partial charge in [0.2, 0.25) is 0 Å². The molecule has 3 rings (SSSR count). The van der Waals surface area contributed by atoms with Crippen LogP contribution in [0.4, 0.5) is 5.69 Å². The van der Waals surface area contributed by atoms with Gasteiger partial charge in [-0.1, -0.05) is 40.2 Å². The molecular weight excluding hydrogens is 312 g/mol. The summed E-state index contributed by atoms with van der Waals surface area (Å²) in [6.45, 7) is 3.18. The summed E-state index contributed by atoms with van der Waals surface area (Å²) >= 11 is 3.62. The zero-order chi connectivity index (χ0) is 13.9. The van der Waals surface area contributed by atoms with Crippen LogP contribution in [0.15, 0.2) is 46.9 Å². The van der Waals surface area contributed by atoms with Crippen molar-refractivity contribution in [3.8, 4) is 0 Å². The van der Waals surface area contributed by atoms with Crippen molar-refractivity contribution in [1.29, 1.82) is 0 Å². The highest BCUT2D eigenvalue weighted by molar-refractivity contribution is 9.10. The van der Waals surface area contributed by atoms with Gasteiger partial charge in [-0.2, -0.15) is 0 Å². The van der Waals surface area contributed by atoms with Crippen LogP contribution >= 0.6 is 15.9 Å². The second-order valence-electron chi connectivity index (χ2n) is 5.40. The molecule has 0 saturated heterocycles. The first-order valence-electron chi connectivity index (χ1n) is 7.05. The second-order valence-corrected chi connectivity index (χ2v) is 6.25. The number of hydrogen-bond donors (Lipinski definition) is 1. The molecule has 0 aromatic heterocycles. The van der Waals surface area contributed by atoms with Gasteiger partial charge in [0.1, 0.15) is 0 Å². The second kappa shape index (κ2) is 5.98. The Morgan fingerprint density at radius 1 is 1.00 bits per heavy atom. The van der Waals surface area contributed by atoms with Crippen LogP contribution in [-0.2, 0) is 19.4 Å². The van der Waals surface area contributed by atoms with E-state index < -0.39 is 0 Å². The Hall–Kier alpha value is -1.32. The van der Waals surface area contributed by atoms with E-state index in [1.807, 2.05) is 12.1 Å². The number of halogens is 1. The van der Waals surface area contributed by atoms with E-state index in [4.69, 9.17) is 5.73 Å². The van der Waals surface area contributed by atoms with Crippen molar-refractivity contribution in [3.05, 3.63) is 63.6 Å². The zero-order valence-electron chi connectivity index (χ0n) is 11.5. The van der Waals surface area contributed by atoms with Gasteiger partial charge >= 0.3 is 0 Å². The Morgan fingerprint density at radius 3 is 2.30 bits per heavy atom. The number of rotatable bonds is 2. The molecule has 1 heterocycles. The highest BCUT2D eigenvalue weighted by atomic mass is 79.9. The Kier molecular flexibility index (Phi) is 4.08. The molecule has 0 aliphatic carbocycles. The van der Waals surface area contributed by atoms with E-state index in [1.54, 1.807) is 0 Å². The zero-order valence-corrected chi connectivity index (χ0v) is 13.1. The maximum absolute atomic E-state index is 5.89. The fraction of sp³-hybridized carbons (Fsp3) is 0.294. The number of benzene rings is 2. The third kappa shape index (κ3) is 3.05. The fourth-order valence-corrected chi connectivity index (χ4v) is 3.20. The molecule has 0 bridgehead atoms. The van der Waals surface area contributed by atoms with E-state index >= 15 is 0 Å². The van der Waals surface area contributed by atoms with Gasteiger partial charge in [-0.3, -0.25) is 4.90 Å². The summed E-state index contributed by atoms with van der Waals surface area (Å²) in [7, 11) is 0. The largest absolute Gasteiger partial charge is 0.399 e. The molecule has 2 aromatic rings. The lowest BCUT2D eigenvalue weighted by molar-refractivity contribution is 0.279. The van der Waals surface area contributed by atoms with Gasteiger partial charge in [-0.05, 0) is 47.7 Å². The monoisotopic (exact) mass is 330 g/mol. The predicted molar refractivity (Wildman–Crippen MR) is 87.7 cm³/mol. The molecule has 0 atom stereocenters. The molecule has 2 N–H and O–H groups in total. The van der Waals surface area contributed by atoms with Crippen molar-refractivity contribution < 1.29 is 0 Å². The van der Waals surface area contributed by atoms with Crippen LogP contribution in [0.5, 0.6) is 0 Å². The lowest BCUT2D eigenvalue weighted by Crippen LogP contribution is -2.26. The van der Waals surface area contributed by atoms with Crippen molar-refractivity contribution in [2.45, 2.75) is 19.4 Å². The third-order valence-electron chi connectivity index (χ3n) is 3.98. The molecule has 2 nitrogen and oxygen atoms in total. The van der Waals surface area contributed by atoms with Gasteiger partial charge in [-0.25, -0.2) is 0 Å². The molecule has 0 fully saturated rings. The van der Waals surface area contributed by atoms with E-state index in [1.165, 1.54) is 16.7 Å². The third-order valence-corrected chi connectivity index (χ3v) is 4.75. The summed E-state index contributed by atoms with van der Waals surface area (Å²) in [5.41, 5.74) is 11.0. The Labute approximate surface area is 128 Å². The van der Waals surface area contributed by atoms with Gasteiger partial charge in [0, 0.05) is 29.8 Å². The SMILES string of the molecule is Nc1ccc(Br)c(CN2CCc3ccccc3CC2)c1. The Morgan fingerprint density at radius 2 is 1.65 bits per heavy atom. The summed E-state index contributed by atoms with van der Waals surface area (Å²) in [5.74, 6) is 0. The van der Waals surface area contributed by atoms with E-state index in [2.05, 4.69) is 51.2 Å². The molecule has 0 amide bonds. The molecule has 1 aliphatic rings. The first kappa shape index (κ1) is 13.7. The molecular formula is C17H19BrN2. The van der Waals surface area contributed by atoms with E-state index in [-0.39, 0.29) is 0 Å². The molecule has 0 radical (unpaired) electrons. The van der Waals surface area contributed by atoms with Gasteiger partial charge in [0.15, 0.2) is 0 Å². The number of anilines is 1. The predicted octanol–water partition coefficient (Wildman–Crippen LogP) is 3.63. The summed E-state index contributed by atoms with van der Waals surface area (Å²) < 4.78 is 1.15. The molecule has 0 saturated carbocycles. The van der Waals surface area contributed by atoms with Crippen molar-refractivity contribution in [2.24, 2.45) is 0 Å². The first-order valence-corrected chi connectivity index (χ1v) is 7.85. The number of nitrogens with two attached hydrogens (primary N) is 1. The average Bonchev–Trinajstić information content (AvgIpc) is 2.66. The molecule has 0 unspecified atom stereocenters. The molecule has 104 valence electrons. The molecule has 0 spiro atoms. The van der Waals surface area contributed by atoms with Crippen LogP contribution in [0.1, 0.15) is 16.7 Å². The highest BCUT2D eigenvalue weighted by Gasteiger charge is 2.14. The van der Waals surface area contributed by atoms with E-state index in [9.17, 15) is 0 Å². The number of fused-ring (bicyclic) bond motifs is 1. The van der Waals surface area contributed by atoms with Gasteiger partial charge in [0.25, 0.3) is 0 Å². The minimum atomic E-state index is 0.835. The van der Waals surface area contributed by atoms with Crippen LogP contribution in [0, 0.1) is 0 Å². The van der Waals surface area contributed by atoms with Crippen molar-refractivity contribution in [1.82, 2.24) is 4.90 Å². The smallest absolute Gasteiger partial charge is 0.0318 e. The summed E-state index contributed by atoms with van der Waals surface area (Å²) in [6, 6.07) is 14.8. The lowest BCUT2D eigenvalue weighted by Gasteiger charge is -2.20. The first-order chi connectivity index (χ1) is 9.72. The lowest BCUT2D eigenvalue weighted by atomic mass is 10.0. The highest BCUT2D eigenvalue weighted by Crippen LogP contribution is 2.23. The maximum Gasteiger partial charge on any atom is 0.0318 e. The standard InChI is InChI=1S/C17H19BrN2/c18-17-6-5-16(19)11-15(17)12-20-9-7-13-3-1-2-4-14(13)8-10-20/h1-6,11H,7-10,12,19H2. The summed E-state index contributed by atoms with van der Waals surface area (Å²) in [6.07, 6.45) is 2.27. The van der Waals surface area contributed by atoms with Gasteiger partial charge in [0.05, 0.1) is 0 Å². The number of hydrogen-bond acceptors (Lipinski definition) is 2. The summed E-state index contributed by atoms with van der Waals surface area (Å²) in [4.78, 5) is 2.51. The molecule has 20 heavy (non-hydrogen) atoms. The number of nitrogen functional groups attached to an aromatic ring is 1. The van der Waals surface area contributed by atoms with E-state index in [0.717, 1.165) is 42.6 Å². The quantitative estimate of drug-likeness (QED) is 0.852. The van der Waals surface area contributed by atoms with Gasteiger partial charge in [-0.15, -0.1) is 0 Å². The van der Waals surface area contributed by atoms with Crippen molar-refractivity contribution in [3.63, 3.8) is 0 Å². The van der Waals surface area contributed by atoms with Gasteiger partial charge < -0.3 is 5.73 Å². The van der Waals surface area contributed by atoms with Crippen LogP contribution in [-0.4, -0.2) is 18.0 Å². The molecule has 1 aliphatic heterocycles. The average molecular weight is 331 g/mol. The minimum Gasteiger partial charge on any atom is -0.399 e. The number of nitrogens with zero attached hydrogens (tertiary/aromatic N) is 1. The van der Waals surface area contributed by atoms with Crippen molar-refractivity contribution in [2.75, 3.05) is 18.8 Å². The molecule has 2 aromatic carbocycles. The fourth-order valence-electron chi connectivity index (χ4n) is 2.83. The van der Waals surface area contributed by atoms with Crippen LogP contribution in [0.2, 0.25) is 0 Å². The van der Waals surface area contributed by atoms with Crippen LogP contribution in [0.25, 0.3) is 0 Å². The summed E-state index contributed by atoms with van der Waals surface area (Å²) in [5, 5.41) is 0. The normalized spacial score (nSPS) is 15.7. The van der Waals surface area contributed by atoms with Crippen molar-refractivity contribution >= 4 is 21.6 Å². The Bertz CT molecular complexity index is 583. The van der Waals surface area contributed by atoms with Crippen LogP contribution < -0.4 is 5.73 Å².